The summed E-state index contributed by atoms with van der Waals surface area (Å²) in [6.45, 7) is 4.26. The maximum atomic E-state index is 14.0. The van der Waals surface area contributed by atoms with Crippen molar-refractivity contribution in [2.24, 2.45) is 0 Å². The van der Waals surface area contributed by atoms with Crippen molar-refractivity contribution in [3.8, 4) is 0 Å². The van der Waals surface area contributed by atoms with Crippen molar-refractivity contribution in [2.75, 3.05) is 7.05 Å². The molecule has 1 unspecified atom stereocenters. The molecule has 1 atom stereocenters. The third-order valence-electron chi connectivity index (χ3n) is 5.64. The quantitative estimate of drug-likeness (QED) is 0.696. The summed E-state index contributed by atoms with van der Waals surface area (Å²) in [7, 11) is 1.54. The van der Waals surface area contributed by atoms with Gasteiger partial charge in [0.05, 0.1) is 24.8 Å². The van der Waals surface area contributed by atoms with E-state index in [4.69, 9.17) is 0 Å². The molecule has 0 fully saturated rings. The fraction of sp³-hybridized carbons (Fsp3) is 0.261. The van der Waals surface area contributed by atoms with Crippen molar-refractivity contribution in [3.63, 3.8) is 0 Å². The summed E-state index contributed by atoms with van der Waals surface area (Å²) >= 11 is 0. The number of hydrogen-bond acceptors (Lipinski definition) is 3. The van der Waals surface area contributed by atoms with Gasteiger partial charge in [-0.05, 0) is 37.6 Å². The number of nitrogens with one attached hydrogen (secondary N) is 1. The molecule has 1 aromatic heterocycles. The number of hydrogen-bond donors (Lipinski definition) is 1. The second-order valence-corrected chi connectivity index (χ2v) is 7.69. The molecule has 31 heavy (non-hydrogen) atoms. The summed E-state index contributed by atoms with van der Waals surface area (Å²) in [6, 6.07) is 8.25. The zero-order valence-corrected chi connectivity index (χ0v) is 17.4. The van der Waals surface area contributed by atoms with Gasteiger partial charge in [0.15, 0.2) is 0 Å². The fourth-order valence-corrected chi connectivity index (χ4v) is 3.87. The number of amides is 2. The Hall–Kier alpha value is -3.55. The minimum absolute atomic E-state index is 0.174. The van der Waals surface area contributed by atoms with E-state index in [1.165, 1.54) is 12.1 Å². The number of fused-ring (bicyclic) bond motifs is 1. The molecule has 1 aliphatic rings. The third kappa shape index (κ3) is 3.81. The smallest absolute Gasteiger partial charge is 0.255 e. The number of carbonyl (C=O) groups is 2. The highest BCUT2D eigenvalue weighted by Crippen LogP contribution is 2.34. The second-order valence-electron chi connectivity index (χ2n) is 7.69. The van der Waals surface area contributed by atoms with Gasteiger partial charge < -0.3 is 10.2 Å². The number of aryl methyl sites for hydroxylation is 1. The van der Waals surface area contributed by atoms with Gasteiger partial charge in [-0.15, -0.1) is 0 Å². The van der Waals surface area contributed by atoms with Crippen LogP contribution in [0.3, 0.4) is 0 Å². The van der Waals surface area contributed by atoms with Crippen molar-refractivity contribution in [3.05, 3.63) is 87.7 Å². The van der Waals surface area contributed by atoms with Gasteiger partial charge in [0, 0.05) is 41.6 Å². The number of aromatic nitrogens is 2. The lowest BCUT2D eigenvalue weighted by atomic mass is 10.0. The first-order chi connectivity index (χ1) is 14.8. The zero-order chi connectivity index (χ0) is 22.3. The van der Waals surface area contributed by atoms with Crippen LogP contribution in [0.2, 0.25) is 0 Å². The highest BCUT2D eigenvalue weighted by Gasteiger charge is 2.34. The van der Waals surface area contributed by atoms with E-state index in [1.807, 2.05) is 13.8 Å². The van der Waals surface area contributed by atoms with E-state index in [1.54, 1.807) is 41.0 Å². The van der Waals surface area contributed by atoms with Gasteiger partial charge in [-0.25, -0.2) is 8.78 Å². The van der Waals surface area contributed by atoms with E-state index >= 15 is 0 Å². The third-order valence-corrected chi connectivity index (χ3v) is 5.64. The first kappa shape index (κ1) is 20.7. The van der Waals surface area contributed by atoms with E-state index in [0.717, 1.165) is 22.9 Å². The first-order valence-corrected chi connectivity index (χ1v) is 9.92. The van der Waals surface area contributed by atoms with Crippen molar-refractivity contribution >= 4 is 11.8 Å². The van der Waals surface area contributed by atoms with Crippen LogP contribution in [0.15, 0.2) is 42.6 Å². The van der Waals surface area contributed by atoms with Crippen LogP contribution in [0.4, 0.5) is 8.78 Å². The molecule has 160 valence electrons. The molecule has 2 aromatic carbocycles. The van der Waals surface area contributed by atoms with Gasteiger partial charge in [-0.1, -0.05) is 12.1 Å². The molecule has 1 aliphatic heterocycles. The monoisotopic (exact) mass is 424 g/mol. The molecule has 0 radical (unpaired) electrons. The SMILES string of the molecule is CNC(=O)c1ccc(C)c(C(=O)N2Cc3cn(Cc4ccc(F)cc4F)nc3C2C)c1. The van der Waals surface area contributed by atoms with Crippen molar-refractivity contribution in [1.82, 2.24) is 20.0 Å². The van der Waals surface area contributed by atoms with Gasteiger partial charge in [0.1, 0.15) is 11.6 Å². The van der Waals surface area contributed by atoms with Crippen molar-refractivity contribution in [2.45, 2.75) is 33.0 Å². The number of halogens is 2. The van der Waals surface area contributed by atoms with E-state index < -0.39 is 11.6 Å². The molecule has 1 N–H and O–H groups in total. The van der Waals surface area contributed by atoms with Gasteiger partial charge in [-0.2, -0.15) is 5.10 Å². The summed E-state index contributed by atoms with van der Waals surface area (Å²) < 4.78 is 28.7. The van der Waals surface area contributed by atoms with Gasteiger partial charge in [0.25, 0.3) is 11.8 Å². The van der Waals surface area contributed by atoms with E-state index in [-0.39, 0.29) is 24.4 Å². The van der Waals surface area contributed by atoms with Crippen LogP contribution in [0.5, 0.6) is 0 Å². The summed E-state index contributed by atoms with van der Waals surface area (Å²) in [6.07, 6.45) is 1.79. The molecular weight excluding hydrogens is 402 g/mol. The largest absolute Gasteiger partial charge is 0.355 e. The van der Waals surface area contributed by atoms with Crippen LogP contribution in [-0.2, 0) is 13.1 Å². The predicted molar refractivity (Wildman–Crippen MR) is 111 cm³/mol. The lowest BCUT2D eigenvalue weighted by Gasteiger charge is -2.23. The maximum absolute atomic E-state index is 14.0. The molecule has 0 aliphatic carbocycles. The Balaban J connectivity index is 1.55. The Labute approximate surface area is 178 Å². The highest BCUT2D eigenvalue weighted by molar-refractivity contribution is 6.00. The first-order valence-electron chi connectivity index (χ1n) is 9.92. The summed E-state index contributed by atoms with van der Waals surface area (Å²) in [5.41, 5.74) is 3.64. The van der Waals surface area contributed by atoms with Crippen molar-refractivity contribution < 1.29 is 18.4 Å². The topological polar surface area (TPSA) is 67.2 Å². The molecule has 2 amide bonds. The van der Waals surface area contributed by atoms with E-state index in [9.17, 15) is 18.4 Å². The number of benzene rings is 2. The lowest BCUT2D eigenvalue weighted by molar-refractivity contribution is 0.0700. The number of rotatable bonds is 4. The van der Waals surface area contributed by atoms with E-state index in [2.05, 4.69) is 10.4 Å². The van der Waals surface area contributed by atoms with Gasteiger partial charge in [-0.3, -0.25) is 14.3 Å². The lowest BCUT2D eigenvalue weighted by Crippen LogP contribution is -2.30. The minimum atomic E-state index is -0.622. The Morgan fingerprint density at radius 1 is 1.19 bits per heavy atom. The molecule has 0 spiro atoms. The van der Waals surface area contributed by atoms with Crippen LogP contribution < -0.4 is 5.32 Å². The van der Waals surface area contributed by atoms with E-state index in [0.29, 0.717) is 23.2 Å². The number of nitrogens with zero attached hydrogens (tertiary/aromatic N) is 3. The van der Waals surface area contributed by atoms with Crippen molar-refractivity contribution in [1.29, 1.82) is 0 Å². The average Bonchev–Trinajstić information content (AvgIpc) is 3.28. The molecule has 0 saturated heterocycles. The Kier molecular flexibility index (Phi) is 5.31. The zero-order valence-electron chi connectivity index (χ0n) is 17.4. The predicted octanol–water partition coefficient (Wildman–Crippen LogP) is 3.59. The van der Waals surface area contributed by atoms with Crippen LogP contribution in [0.25, 0.3) is 0 Å². The highest BCUT2D eigenvalue weighted by atomic mass is 19.1. The second kappa shape index (κ2) is 7.94. The molecule has 8 heteroatoms. The molecule has 0 bridgehead atoms. The molecule has 0 saturated carbocycles. The molecular formula is C23H22F2N4O2. The standard InChI is InChI=1S/C23H22F2N4O2/c1-13-4-5-15(22(30)26-3)8-19(13)23(31)29-12-17-11-28(27-21(17)14(29)2)10-16-6-7-18(24)9-20(16)25/h4-9,11,14H,10,12H2,1-3H3,(H,26,30). The summed E-state index contributed by atoms with van der Waals surface area (Å²) in [4.78, 5) is 26.9. The van der Waals surface area contributed by atoms with Gasteiger partial charge >= 0.3 is 0 Å². The Morgan fingerprint density at radius 3 is 2.65 bits per heavy atom. The molecule has 4 rings (SSSR count). The fourth-order valence-electron chi connectivity index (χ4n) is 3.87. The van der Waals surface area contributed by atoms with Gasteiger partial charge in [0.2, 0.25) is 0 Å². The normalized spacial score (nSPS) is 15.1. The van der Waals surface area contributed by atoms with Crippen LogP contribution in [0.1, 0.15) is 56.1 Å². The minimum Gasteiger partial charge on any atom is -0.355 e. The molecule has 6 nitrogen and oxygen atoms in total. The Bertz CT molecular complexity index is 1190. The van der Waals surface area contributed by atoms with Crippen LogP contribution >= 0.6 is 0 Å². The summed E-state index contributed by atoms with van der Waals surface area (Å²) in [5, 5.41) is 7.10. The summed E-state index contributed by atoms with van der Waals surface area (Å²) in [5.74, 6) is -1.67. The average molecular weight is 424 g/mol. The maximum Gasteiger partial charge on any atom is 0.255 e. The Morgan fingerprint density at radius 2 is 1.97 bits per heavy atom. The molecule has 3 aromatic rings. The van der Waals surface area contributed by atoms with Crippen LogP contribution in [0, 0.1) is 18.6 Å². The number of carbonyl (C=O) groups excluding carboxylic acids is 2. The van der Waals surface area contributed by atoms with Crippen LogP contribution in [-0.4, -0.2) is 33.5 Å². The molecule has 2 heterocycles.